The number of unbranched alkanes of at least 4 members (excludes halogenated alkanes) is 1. The largest absolute Gasteiger partial charge is 0.0654 e. The van der Waals surface area contributed by atoms with Crippen LogP contribution in [0, 0.1) is 0 Å². The Kier molecular flexibility index (Phi) is 9.56. The third-order valence-electron chi connectivity index (χ3n) is 0.745. The molecule has 9 heavy (non-hydrogen) atoms. The summed E-state index contributed by atoms with van der Waals surface area (Å²) in [5.74, 6) is 0. The van der Waals surface area contributed by atoms with E-state index in [1.54, 1.807) is 31.4 Å². The summed E-state index contributed by atoms with van der Waals surface area (Å²) in [5, 5.41) is 4.16. The number of hydrogen-bond acceptors (Lipinski definition) is 3. The maximum Gasteiger partial charge on any atom is -0.0101 e. The molecule has 0 radical (unpaired) electrons. The molecule has 1 aliphatic heterocycles. The SMILES string of the molecule is C1=CSSS1.CCCC. The maximum atomic E-state index is 2.18. The van der Waals surface area contributed by atoms with E-state index < -0.39 is 0 Å². The van der Waals surface area contributed by atoms with Crippen LogP contribution in [0.4, 0.5) is 0 Å². The predicted molar refractivity (Wildman–Crippen MR) is 52.5 cm³/mol. The van der Waals surface area contributed by atoms with Gasteiger partial charge in [0.05, 0.1) is 0 Å². The first-order chi connectivity index (χ1) is 4.41. The highest BCUT2D eigenvalue weighted by Gasteiger charge is 1.87. The van der Waals surface area contributed by atoms with Crippen molar-refractivity contribution in [1.82, 2.24) is 0 Å². The van der Waals surface area contributed by atoms with E-state index in [1.807, 2.05) is 0 Å². The Morgan fingerprint density at radius 2 is 1.44 bits per heavy atom. The van der Waals surface area contributed by atoms with Crippen molar-refractivity contribution < 1.29 is 0 Å². The second kappa shape index (κ2) is 8.79. The first kappa shape index (κ1) is 9.79. The van der Waals surface area contributed by atoms with Gasteiger partial charge in [0.25, 0.3) is 0 Å². The molecule has 1 aliphatic rings. The van der Waals surface area contributed by atoms with Crippen LogP contribution in [-0.2, 0) is 0 Å². The van der Waals surface area contributed by atoms with E-state index in [1.165, 1.54) is 12.8 Å². The van der Waals surface area contributed by atoms with E-state index in [0.29, 0.717) is 0 Å². The molecule has 0 aliphatic carbocycles. The molecule has 0 nitrogen and oxygen atoms in total. The van der Waals surface area contributed by atoms with Crippen molar-refractivity contribution in [3.05, 3.63) is 10.8 Å². The van der Waals surface area contributed by atoms with Gasteiger partial charge < -0.3 is 0 Å². The van der Waals surface area contributed by atoms with Gasteiger partial charge in [-0.05, 0) is 20.6 Å². The van der Waals surface area contributed by atoms with Crippen LogP contribution >= 0.6 is 31.4 Å². The van der Waals surface area contributed by atoms with Gasteiger partial charge in [0.2, 0.25) is 0 Å². The molecule has 0 aromatic rings. The fourth-order valence-electron chi connectivity index (χ4n) is 0.113. The van der Waals surface area contributed by atoms with E-state index in [-0.39, 0.29) is 0 Å². The third kappa shape index (κ3) is 8.79. The molecule has 0 fully saturated rings. The summed E-state index contributed by atoms with van der Waals surface area (Å²) >= 11 is 0. The molecule has 1 heterocycles. The van der Waals surface area contributed by atoms with Gasteiger partial charge in [-0.15, -0.1) is 0 Å². The molecular weight excluding hydrogens is 168 g/mol. The Morgan fingerprint density at radius 1 is 1.00 bits per heavy atom. The van der Waals surface area contributed by atoms with Crippen LogP contribution in [0.15, 0.2) is 10.8 Å². The highest BCUT2D eigenvalue weighted by Crippen LogP contribution is 2.42. The second-order valence-corrected chi connectivity index (χ2v) is 5.39. The fraction of sp³-hybridized carbons (Fsp3) is 0.667. The first-order valence-corrected chi connectivity index (χ1v) is 6.66. The van der Waals surface area contributed by atoms with Crippen molar-refractivity contribution in [3.8, 4) is 0 Å². The van der Waals surface area contributed by atoms with E-state index in [0.717, 1.165) is 0 Å². The van der Waals surface area contributed by atoms with Crippen molar-refractivity contribution >= 4 is 31.4 Å². The summed E-state index contributed by atoms with van der Waals surface area (Å²) in [6, 6.07) is 0. The molecule has 0 amide bonds. The van der Waals surface area contributed by atoms with Gasteiger partial charge >= 0.3 is 0 Å². The van der Waals surface area contributed by atoms with Gasteiger partial charge in [0, 0.05) is 0 Å². The fourth-order valence-corrected chi connectivity index (χ4v) is 3.06. The molecular formula is C6H12S3. The molecule has 0 unspecified atom stereocenters. The predicted octanol–water partition coefficient (Wildman–Crippen LogP) is 4.31. The van der Waals surface area contributed by atoms with E-state index in [4.69, 9.17) is 0 Å². The Balaban J connectivity index is 0.000000148. The minimum atomic E-state index is 1.32. The van der Waals surface area contributed by atoms with Crippen LogP contribution in [0.1, 0.15) is 26.7 Å². The lowest BCUT2D eigenvalue weighted by Gasteiger charge is -1.68. The van der Waals surface area contributed by atoms with Crippen LogP contribution < -0.4 is 0 Å². The smallest absolute Gasteiger partial charge is 0.0101 e. The number of hydrogen-bond donors (Lipinski definition) is 0. The quantitative estimate of drug-likeness (QED) is 0.552. The van der Waals surface area contributed by atoms with Crippen LogP contribution in [-0.4, -0.2) is 0 Å². The second-order valence-electron chi connectivity index (χ2n) is 1.53. The zero-order valence-electron chi connectivity index (χ0n) is 5.79. The lowest BCUT2D eigenvalue weighted by Crippen LogP contribution is -1.47. The van der Waals surface area contributed by atoms with Crippen molar-refractivity contribution in [2.75, 3.05) is 0 Å². The average Bonchev–Trinajstić information content (AvgIpc) is 2.43. The summed E-state index contributed by atoms with van der Waals surface area (Å²) in [6.45, 7) is 4.36. The summed E-state index contributed by atoms with van der Waals surface area (Å²) in [4.78, 5) is 0. The summed E-state index contributed by atoms with van der Waals surface area (Å²) in [6.07, 6.45) is 2.64. The minimum absolute atomic E-state index is 1.32. The third-order valence-corrected chi connectivity index (χ3v) is 4.12. The Bertz CT molecular complexity index is 62.7. The molecule has 0 atom stereocenters. The van der Waals surface area contributed by atoms with Crippen molar-refractivity contribution in [2.45, 2.75) is 26.7 Å². The molecule has 0 saturated carbocycles. The first-order valence-electron chi connectivity index (χ1n) is 3.05. The average molecular weight is 180 g/mol. The molecule has 54 valence electrons. The Labute approximate surface area is 69.0 Å². The normalized spacial score (nSPS) is 14.9. The van der Waals surface area contributed by atoms with Gasteiger partial charge in [-0.2, -0.15) is 0 Å². The molecule has 1 rings (SSSR count). The maximum absolute atomic E-state index is 2.18. The van der Waals surface area contributed by atoms with Crippen molar-refractivity contribution in [3.63, 3.8) is 0 Å². The van der Waals surface area contributed by atoms with Gasteiger partial charge in [0.15, 0.2) is 0 Å². The highest BCUT2D eigenvalue weighted by molar-refractivity contribution is 9.11. The Morgan fingerprint density at radius 3 is 1.56 bits per heavy atom. The molecule has 0 saturated heterocycles. The van der Waals surface area contributed by atoms with Crippen molar-refractivity contribution in [1.29, 1.82) is 0 Å². The van der Waals surface area contributed by atoms with Crippen LogP contribution in [0.5, 0.6) is 0 Å². The molecule has 0 aromatic heterocycles. The van der Waals surface area contributed by atoms with Crippen LogP contribution in [0.2, 0.25) is 0 Å². The van der Waals surface area contributed by atoms with Gasteiger partial charge in [-0.25, -0.2) is 0 Å². The Hall–Kier alpha value is 0.790. The molecule has 0 bridgehead atoms. The lowest BCUT2D eigenvalue weighted by atomic mass is 10.4. The van der Waals surface area contributed by atoms with Gasteiger partial charge in [0.1, 0.15) is 0 Å². The molecule has 0 N–H and O–H groups in total. The zero-order chi connectivity index (χ0) is 6.95. The van der Waals surface area contributed by atoms with E-state index in [9.17, 15) is 0 Å². The van der Waals surface area contributed by atoms with Crippen LogP contribution in [0.3, 0.4) is 0 Å². The van der Waals surface area contributed by atoms with Crippen molar-refractivity contribution in [2.24, 2.45) is 0 Å². The van der Waals surface area contributed by atoms with Crippen LogP contribution in [0.25, 0.3) is 0 Å². The highest BCUT2D eigenvalue weighted by atomic mass is 33.5. The summed E-state index contributed by atoms with van der Waals surface area (Å²) in [7, 11) is 5.34. The molecule has 0 spiro atoms. The minimum Gasteiger partial charge on any atom is -0.0654 e. The lowest BCUT2D eigenvalue weighted by molar-refractivity contribution is 0.886. The topological polar surface area (TPSA) is 0 Å². The summed E-state index contributed by atoms with van der Waals surface area (Å²) in [5.41, 5.74) is 0. The monoisotopic (exact) mass is 180 g/mol. The van der Waals surface area contributed by atoms with E-state index in [2.05, 4.69) is 24.7 Å². The van der Waals surface area contributed by atoms with Gasteiger partial charge in [-0.1, -0.05) is 48.3 Å². The standard InChI is InChI=1S/C4H10.C2H2S3/c1-3-4-2;1-2-4-5-3-1/h3-4H2,1-2H3;1-2H. The summed E-state index contributed by atoms with van der Waals surface area (Å²) < 4.78 is 0. The van der Waals surface area contributed by atoms with Gasteiger partial charge in [-0.3, -0.25) is 0 Å². The number of rotatable bonds is 1. The zero-order valence-corrected chi connectivity index (χ0v) is 8.24. The molecule has 3 heteroatoms. The molecule has 0 aromatic carbocycles. The van der Waals surface area contributed by atoms with E-state index >= 15 is 0 Å².